The number of furan rings is 1. The molecule has 96 heavy (non-hydrogen) atoms. The lowest BCUT2D eigenvalue weighted by molar-refractivity contribution is 0.590. The summed E-state index contributed by atoms with van der Waals surface area (Å²) in [5.74, 6) is 0. The number of fused-ring (bicyclic) bond motifs is 13. The Labute approximate surface area is 573 Å². The summed E-state index contributed by atoms with van der Waals surface area (Å²) in [5.41, 5.74) is 22.5. The highest BCUT2D eigenvalue weighted by molar-refractivity contribution is 7.00. The van der Waals surface area contributed by atoms with Gasteiger partial charge in [-0.1, -0.05) is 256 Å². The van der Waals surface area contributed by atoms with Crippen LogP contribution in [0.5, 0.6) is 0 Å². The third-order valence-corrected chi connectivity index (χ3v) is 20.2. The van der Waals surface area contributed by atoms with Crippen LogP contribution in [0.3, 0.4) is 0 Å². The maximum atomic E-state index is 9.76. The molecule has 5 heterocycles. The van der Waals surface area contributed by atoms with Crippen LogP contribution in [-0.4, -0.2) is 15.8 Å². The number of para-hydroxylation sites is 4. The Morgan fingerprint density at radius 1 is 0.333 bits per heavy atom. The molecule has 0 amide bonds. The van der Waals surface area contributed by atoms with E-state index in [0.717, 1.165) is 128 Å². The van der Waals surface area contributed by atoms with Crippen molar-refractivity contribution in [3.63, 3.8) is 0 Å². The fourth-order valence-corrected chi connectivity index (χ4v) is 15.4. The van der Waals surface area contributed by atoms with Gasteiger partial charge in [-0.3, -0.25) is 0 Å². The number of benzene rings is 13. The molecule has 0 atom stereocenters. The Balaban J connectivity index is 1.03. The zero-order valence-corrected chi connectivity index (χ0v) is 55.2. The van der Waals surface area contributed by atoms with E-state index in [1.165, 1.54) is 11.1 Å². The Hall–Kier alpha value is -11.1. The van der Waals surface area contributed by atoms with Gasteiger partial charge in [0.15, 0.2) is 0 Å². The molecule has 6 heteroatoms. The van der Waals surface area contributed by atoms with E-state index in [-0.39, 0.29) is 44.7 Å². The summed E-state index contributed by atoms with van der Waals surface area (Å²) in [4.78, 5) is 4.99. The minimum absolute atomic E-state index is 0.0103. The van der Waals surface area contributed by atoms with Crippen molar-refractivity contribution in [1.29, 1.82) is 0 Å². The lowest BCUT2D eigenvalue weighted by atomic mass is 9.33. The summed E-state index contributed by atoms with van der Waals surface area (Å²) in [6.45, 7) is 19.9. The molecule has 0 saturated heterocycles. The van der Waals surface area contributed by atoms with Crippen molar-refractivity contribution in [3.05, 3.63) is 296 Å². The molecule has 462 valence electrons. The average Bonchev–Trinajstić information content (AvgIpc) is 1.05. The van der Waals surface area contributed by atoms with E-state index < -0.39 is 48.4 Å². The normalized spacial score (nSPS) is 14.4. The average molecular weight is 1250 g/mol. The number of nitrogens with zero attached hydrogens (tertiary/aromatic N) is 4. The summed E-state index contributed by atoms with van der Waals surface area (Å²) in [6.07, 6.45) is 0. The molecule has 0 radical (unpaired) electrons. The number of hydrogen-bond donors (Lipinski definition) is 0. The fraction of sp³-hybridized carbons (Fsp3) is 0.133. The van der Waals surface area contributed by atoms with Crippen molar-refractivity contribution in [2.45, 2.75) is 78.6 Å². The number of rotatable bonds is 7. The molecule has 0 bridgehead atoms. The van der Waals surface area contributed by atoms with Gasteiger partial charge in [-0.15, -0.1) is 0 Å². The van der Waals surface area contributed by atoms with Crippen LogP contribution in [0.1, 0.15) is 90.0 Å². The molecule has 0 spiro atoms. The predicted molar refractivity (Wildman–Crippen MR) is 409 cm³/mol. The Morgan fingerprint density at radius 2 is 0.885 bits per heavy atom. The minimum Gasteiger partial charge on any atom is -0.456 e. The number of anilines is 6. The van der Waals surface area contributed by atoms with Gasteiger partial charge in [-0.05, 0) is 162 Å². The third kappa shape index (κ3) is 8.91. The highest BCUT2D eigenvalue weighted by atomic mass is 16.3. The molecule has 0 unspecified atom stereocenters. The van der Waals surface area contributed by atoms with Crippen LogP contribution < -0.4 is 26.2 Å². The Bertz CT molecular complexity index is 6290. The highest BCUT2D eigenvalue weighted by Crippen LogP contribution is 2.55. The van der Waals surface area contributed by atoms with Crippen LogP contribution in [0.15, 0.2) is 283 Å². The number of hydrogen-bond acceptors (Lipinski definition) is 3. The molecule has 2 aliphatic rings. The van der Waals surface area contributed by atoms with Crippen molar-refractivity contribution in [2.75, 3.05) is 9.80 Å². The largest absolute Gasteiger partial charge is 0.456 e. The molecule has 13 aromatic carbocycles. The molecule has 2 aliphatic heterocycles. The molecule has 5 nitrogen and oxygen atoms in total. The summed E-state index contributed by atoms with van der Waals surface area (Å²) in [6, 6.07) is 79.7. The van der Waals surface area contributed by atoms with Crippen molar-refractivity contribution < 1.29 is 15.4 Å². The topological polar surface area (TPSA) is 29.5 Å². The summed E-state index contributed by atoms with van der Waals surface area (Å²) >= 11 is 0. The van der Waals surface area contributed by atoms with Gasteiger partial charge < -0.3 is 23.4 Å². The first-order valence-corrected chi connectivity index (χ1v) is 33.3. The van der Waals surface area contributed by atoms with Crippen LogP contribution in [-0.2, 0) is 16.2 Å². The predicted octanol–water partition coefficient (Wildman–Crippen LogP) is 22.8. The van der Waals surface area contributed by atoms with Crippen LogP contribution in [0.4, 0.5) is 34.1 Å². The highest BCUT2D eigenvalue weighted by Gasteiger charge is 2.46. The maximum Gasteiger partial charge on any atom is 0.252 e. The smallest absolute Gasteiger partial charge is 0.252 e. The second kappa shape index (κ2) is 21.2. The van der Waals surface area contributed by atoms with Gasteiger partial charge in [-0.2, -0.15) is 0 Å². The van der Waals surface area contributed by atoms with Crippen LogP contribution in [0.2, 0.25) is 0 Å². The van der Waals surface area contributed by atoms with Gasteiger partial charge in [0.25, 0.3) is 6.71 Å². The van der Waals surface area contributed by atoms with Crippen LogP contribution in [0.25, 0.3) is 110 Å². The SMILES string of the molecule is [2H]c1c([2H])c([2H])c2c(c1[2H])c1c([2H])c([2H])c([2H])c([2H])c1n2-c1ccc2c(c1)N(c1cc(-c3ccccc3)cc3oc4ccccc4c13)c1cc(C(C)(C)C)cc3c1B2c1ccc(-c2cccc(C(C)(C)C)c2)cc1N3c1c(-c2ccccc2)ccc2c1c1ccccc1n2-c1cccc(C(C)(C)C)c1. The molecule has 3 aromatic heterocycles. The van der Waals surface area contributed by atoms with Gasteiger partial charge in [0.1, 0.15) is 11.2 Å². The molecule has 0 fully saturated rings. The zero-order chi connectivity index (χ0) is 72.1. The lowest BCUT2D eigenvalue weighted by Crippen LogP contribution is -2.61. The van der Waals surface area contributed by atoms with Gasteiger partial charge in [-0.25, -0.2) is 0 Å². The van der Waals surface area contributed by atoms with Gasteiger partial charge in [0, 0.05) is 66.6 Å². The number of aromatic nitrogens is 2. The van der Waals surface area contributed by atoms with Crippen molar-refractivity contribution in [2.24, 2.45) is 0 Å². The van der Waals surface area contributed by atoms with E-state index in [2.05, 4.69) is 265 Å². The van der Waals surface area contributed by atoms with Crippen LogP contribution in [0, 0.1) is 0 Å². The monoisotopic (exact) mass is 1240 g/mol. The quantitative estimate of drug-likeness (QED) is 0.149. The van der Waals surface area contributed by atoms with Crippen molar-refractivity contribution >= 4 is 123 Å². The molecule has 0 N–H and O–H groups in total. The van der Waals surface area contributed by atoms with E-state index in [1.54, 1.807) is 4.57 Å². The van der Waals surface area contributed by atoms with E-state index in [0.29, 0.717) is 16.9 Å². The first kappa shape index (κ1) is 49.5. The first-order valence-electron chi connectivity index (χ1n) is 37.3. The molecule has 18 rings (SSSR count). The van der Waals surface area contributed by atoms with Crippen molar-refractivity contribution in [3.8, 4) is 44.8 Å². The van der Waals surface area contributed by atoms with Crippen molar-refractivity contribution in [1.82, 2.24) is 9.13 Å². The summed E-state index contributed by atoms with van der Waals surface area (Å²) in [5, 5.41) is 3.99. The Kier molecular flexibility index (Phi) is 10.9. The standard InChI is InChI=1S/C90H73BN4O/c1-88(2,3)61-31-24-30-58(48-61)59-42-45-71-77(49-59)95(87-66(57-28-14-11-15-29-57)44-47-76-85(87)69-36-18-22-40-75(69)93(76)64-33-25-32-62(52-64)89(4,5)6)81-54-63(90(7,8)9)53-80-86(81)91(71)72-46-43-65(92-73-38-20-16-34-67(73)68-35-17-21-39-74(68)92)55-78(72)94(80)79-50-60(56-26-12-10-13-27-56)51-83-84(79)70-37-19-23-41-82(70)96-83/h10-55H,1-9H3/i16D,17D,20D,21D,34D,35D,38D,39D. The Morgan fingerprint density at radius 3 is 1.59 bits per heavy atom. The van der Waals surface area contributed by atoms with E-state index in [4.69, 9.17) is 7.16 Å². The molecule has 0 aliphatic carbocycles. The third-order valence-electron chi connectivity index (χ3n) is 20.2. The minimum atomic E-state index is -0.499. The maximum absolute atomic E-state index is 9.76. The van der Waals surface area contributed by atoms with Gasteiger partial charge in [0.05, 0.1) is 49.8 Å². The second-order valence-electron chi connectivity index (χ2n) is 29.1. The molecule has 16 aromatic rings. The molecular weight excluding hydrogens is 1160 g/mol. The second-order valence-corrected chi connectivity index (χ2v) is 29.1. The van der Waals surface area contributed by atoms with E-state index in [1.807, 2.05) is 42.5 Å². The van der Waals surface area contributed by atoms with Gasteiger partial charge in [0.2, 0.25) is 0 Å². The first-order chi connectivity index (χ1) is 49.8. The molecule has 0 saturated carbocycles. The zero-order valence-electron chi connectivity index (χ0n) is 63.2. The molecular formula is C90H73BN4O. The summed E-state index contributed by atoms with van der Waals surface area (Å²) in [7, 11) is 0. The van der Waals surface area contributed by atoms with E-state index >= 15 is 0 Å². The summed E-state index contributed by atoms with van der Waals surface area (Å²) < 4.78 is 86.1. The van der Waals surface area contributed by atoms with E-state index in [9.17, 15) is 8.22 Å². The van der Waals surface area contributed by atoms with Crippen LogP contribution >= 0.6 is 0 Å². The lowest BCUT2D eigenvalue weighted by Gasteiger charge is -2.46. The fourth-order valence-electron chi connectivity index (χ4n) is 15.4. The van der Waals surface area contributed by atoms with Gasteiger partial charge >= 0.3 is 0 Å².